The Morgan fingerprint density at radius 2 is 2.00 bits per heavy atom. The van der Waals surface area contributed by atoms with Gasteiger partial charge in [-0.15, -0.1) is 24.8 Å². The number of halogens is 1. The quantitative estimate of drug-likeness (QED) is 0.331. The van der Waals surface area contributed by atoms with Crippen LogP contribution in [-0.2, 0) is 0 Å². The van der Waals surface area contributed by atoms with Gasteiger partial charge in [0, 0.05) is 6.42 Å². The van der Waals surface area contributed by atoms with E-state index in [0.717, 1.165) is 6.42 Å². The standard InChI is InChI=1S/C4H6.ClH.Mg.2H/c1-3-4-2;;;;/h1H,4H2,2H3;1H;;;/q;;+2;2*-1. The molecule has 0 bridgehead atoms. The van der Waals surface area contributed by atoms with E-state index in [1.807, 2.05) is 6.92 Å². The summed E-state index contributed by atoms with van der Waals surface area (Å²) >= 11 is 0. The van der Waals surface area contributed by atoms with Crippen molar-refractivity contribution in [3.8, 4) is 12.3 Å². The van der Waals surface area contributed by atoms with E-state index in [1.54, 1.807) is 0 Å². The summed E-state index contributed by atoms with van der Waals surface area (Å²) in [4.78, 5) is 0. The minimum Gasteiger partial charge on any atom is -1.00 e. The molecule has 0 fully saturated rings. The van der Waals surface area contributed by atoms with E-state index < -0.39 is 0 Å². The van der Waals surface area contributed by atoms with Gasteiger partial charge in [-0.3, -0.25) is 0 Å². The van der Waals surface area contributed by atoms with E-state index in [1.165, 1.54) is 0 Å². The van der Waals surface area contributed by atoms with Crippen molar-refractivity contribution in [2.75, 3.05) is 0 Å². The Balaban J connectivity index is -0.00000000750. The Morgan fingerprint density at radius 1 is 1.83 bits per heavy atom. The molecule has 0 spiro atoms. The van der Waals surface area contributed by atoms with Crippen molar-refractivity contribution < 1.29 is 2.85 Å². The second-order valence-corrected chi connectivity index (χ2v) is 0.558. The van der Waals surface area contributed by atoms with E-state index in [-0.39, 0.29) is 38.3 Å². The monoisotopic (exact) mass is 116 g/mol. The maximum Gasteiger partial charge on any atom is 2.00 e. The summed E-state index contributed by atoms with van der Waals surface area (Å²) in [5.74, 6) is 2.43. The smallest absolute Gasteiger partial charge is 1.00 e. The Hall–Kier alpha value is 0.616. The van der Waals surface area contributed by atoms with Crippen molar-refractivity contribution in [1.82, 2.24) is 0 Å². The van der Waals surface area contributed by atoms with Crippen LogP contribution in [0.4, 0.5) is 0 Å². The van der Waals surface area contributed by atoms with Crippen molar-refractivity contribution in [1.29, 1.82) is 0 Å². The van der Waals surface area contributed by atoms with E-state index >= 15 is 0 Å². The van der Waals surface area contributed by atoms with Crippen molar-refractivity contribution in [2.24, 2.45) is 0 Å². The third-order valence-corrected chi connectivity index (χ3v) is 0.204. The molecule has 0 unspecified atom stereocenters. The predicted octanol–water partition coefficient (Wildman–Crippen LogP) is 1.30. The van der Waals surface area contributed by atoms with Crippen LogP contribution in [-0.4, -0.2) is 23.1 Å². The number of hydrogen-bond acceptors (Lipinski definition) is 0. The molecule has 2 heteroatoms. The first-order valence-electron chi connectivity index (χ1n) is 1.35. The molecule has 0 radical (unpaired) electrons. The zero-order valence-electron chi connectivity index (χ0n) is 5.90. The van der Waals surface area contributed by atoms with E-state index in [9.17, 15) is 0 Å². The average Bonchev–Trinajstić information content (AvgIpc) is 1.37. The van der Waals surface area contributed by atoms with Gasteiger partial charge in [0.15, 0.2) is 0 Å². The van der Waals surface area contributed by atoms with Crippen LogP contribution in [0.15, 0.2) is 0 Å². The molecule has 0 aromatic rings. The fourth-order valence-electron chi connectivity index (χ4n) is 0. The zero-order chi connectivity index (χ0) is 3.41. The number of rotatable bonds is 0. The first-order chi connectivity index (χ1) is 1.91. The van der Waals surface area contributed by atoms with Gasteiger partial charge in [0.1, 0.15) is 0 Å². The normalized spacial score (nSPS) is 3.33. The first-order valence-corrected chi connectivity index (χ1v) is 1.35. The number of hydrogen-bond donors (Lipinski definition) is 0. The third-order valence-electron chi connectivity index (χ3n) is 0.204. The van der Waals surface area contributed by atoms with Crippen LogP contribution >= 0.6 is 12.4 Å². The molecule has 0 atom stereocenters. The fourth-order valence-corrected chi connectivity index (χ4v) is 0. The maximum absolute atomic E-state index is 4.78. The van der Waals surface area contributed by atoms with Gasteiger partial charge in [-0.05, 0) is 0 Å². The van der Waals surface area contributed by atoms with Crippen LogP contribution < -0.4 is 0 Å². The summed E-state index contributed by atoms with van der Waals surface area (Å²) in [7, 11) is 0. The summed E-state index contributed by atoms with van der Waals surface area (Å²) in [6, 6.07) is 0. The van der Waals surface area contributed by atoms with Gasteiger partial charge >= 0.3 is 23.1 Å². The largest absolute Gasteiger partial charge is 2.00 e. The van der Waals surface area contributed by atoms with E-state index in [0.29, 0.717) is 0 Å². The van der Waals surface area contributed by atoms with Gasteiger partial charge < -0.3 is 2.85 Å². The van der Waals surface area contributed by atoms with Crippen LogP contribution in [0.25, 0.3) is 0 Å². The van der Waals surface area contributed by atoms with Crippen LogP contribution in [0.3, 0.4) is 0 Å². The molecule has 0 aliphatic carbocycles. The van der Waals surface area contributed by atoms with E-state index in [2.05, 4.69) is 5.92 Å². The maximum atomic E-state index is 4.78. The average molecular weight is 117 g/mol. The first kappa shape index (κ1) is 16.0. The molecular formula is C4H9ClMg. The Labute approximate surface area is 64.2 Å². The molecule has 0 aliphatic heterocycles. The molecule has 0 saturated heterocycles. The molecule has 0 aliphatic rings. The molecule has 0 saturated carbocycles. The molecule has 0 rings (SSSR count). The van der Waals surface area contributed by atoms with Crippen LogP contribution in [0.2, 0.25) is 0 Å². The predicted molar refractivity (Wildman–Crippen MR) is 34.3 cm³/mol. The fraction of sp³-hybridized carbons (Fsp3) is 0.500. The van der Waals surface area contributed by atoms with Crippen LogP contribution in [0.1, 0.15) is 16.2 Å². The van der Waals surface area contributed by atoms with Gasteiger partial charge in [-0.25, -0.2) is 0 Å². The SMILES string of the molecule is C#CCC.Cl.[H-].[H-].[Mg+2]. The third kappa shape index (κ3) is 23.1. The van der Waals surface area contributed by atoms with Crippen molar-refractivity contribution in [3.63, 3.8) is 0 Å². The second kappa shape index (κ2) is 17.5. The molecule has 0 aromatic heterocycles. The summed E-state index contributed by atoms with van der Waals surface area (Å²) in [6.45, 7) is 1.94. The molecule has 0 amide bonds. The van der Waals surface area contributed by atoms with Gasteiger partial charge in [-0.2, -0.15) is 0 Å². The molecular weight excluding hydrogens is 108 g/mol. The van der Waals surface area contributed by atoms with Crippen molar-refractivity contribution in [2.45, 2.75) is 13.3 Å². The summed E-state index contributed by atoms with van der Waals surface area (Å²) in [5.41, 5.74) is 0. The van der Waals surface area contributed by atoms with Gasteiger partial charge in [0.25, 0.3) is 0 Å². The topological polar surface area (TPSA) is 0 Å². The summed E-state index contributed by atoms with van der Waals surface area (Å²) in [6.07, 6.45) is 5.62. The molecule has 6 heavy (non-hydrogen) atoms. The minimum atomic E-state index is 0. The molecule has 0 aromatic carbocycles. The van der Waals surface area contributed by atoms with E-state index in [4.69, 9.17) is 6.42 Å². The summed E-state index contributed by atoms with van der Waals surface area (Å²) in [5, 5.41) is 0. The molecule has 0 N–H and O–H groups in total. The van der Waals surface area contributed by atoms with Crippen LogP contribution in [0.5, 0.6) is 0 Å². The zero-order valence-corrected chi connectivity index (χ0v) is 6.13. The molecule has 34 valence electrons. The van der Waals surface area contributed by atoms with Gasteiger partial charge in [0.2, 0.25) is 0 Å². The minimum absolute atomic E-state index is 0. The van der Waals surface area contributed by atoms with Gasteiger partial charge in [-0.1, -0.05) is 6.92 Å². The summed E-state index contributed by atoms with van der Waals surface area (Å²) < 4.78 is 0. The Kier molecular flexibility index (Phi) is 46.5. The molecule has 0 heterocycles. The van der Waals surface area contributed by atoms with Crippen molar-refractivity contribution >= 4 is 35.5 Å². The van der Waals surface area contributed by atoms with Gasteiger partial charge in [0.05, 0.1) is 0 Å². The van der Waals surface area contributed by atoms with Crippen molar-refractivity contribution in [3.05, 3.63) is 0 Å². The molecule has 0 nitrogen and oxygen atoms in total. The Morgan fingerprint density at radius 3 is 2.00 bits per heavy atom. The Bertz CT molecular complexity index is 43.8. The second-order valence-electron chi connectivity index (χ2n) is 0.558. The van der Waals surface area contributed by atoms with Crippen LogP contribution in [0, 0.1) is 12.3 Å². The number of terminal acetylenes is 1.